The second-order valence-electron chi connectivity index (χ2n) is 4.43. The molecule has 4 heteroatoms. The molecule has 2 atom stereocenters. The van der Waals surface area contributed by atoms with E-state index in [-0.39, 0.29) is 18.5 Å². The van der Waals surface area contributed by atoms with Gasteiger partial charge in [0.2, 0.25) is 0 Å². The molecule has 0 saturated carbocycles. The number of anilines is 1. The predicted molar refractivity (Wildman–Crippen MR) is 67.3 cm³/mol. The highest BCUT2D eigenvalue weighted by molar-refractivity contribution is 5.68. The second-order valence-corrected chi connectivity index (χ2v) is 4.43. The summed E-state index contributed by atoms with van der Waals surface area (Å²) in [5, 5.41) is 12.2. The van der Waals surface area contributed by atoms with Gasteiger partial charge in [0.25, 0.3) is 0 Å². The summed E-state index contributed by atoms with van der Waals surface area (Å²) in [7, 11) is 0. The molecule has 0 aliphatic carbocycles. The standard InChI is InChI=1S/C13H18N2O2/c1-10-12(9-13(16)17)14-7-8-15(10)11-5-3-2-4-6-11/h2-6,10,12,14H,7-9H2,1H3,(H,16,17)/t10-,12-/m1/s1. The lowest BCUT2D eigenvalue weighted by molar-refractivity contribution is -0.137. The van der Waals surface area contributed by atoms with E-state index in [1.54, 1.807) is 0 Å². The number of piperazine rings is 1. The fourth-order valence-corrected chi connectivity index (χ4v) is 2.38. The molecule has 0 spiro atoms. The Kier molecular flexibility index (Phi) is 3.64. The molecule has 17 heavy (non-hydrogen) atoms. The van der Waals surface area contributed by atoms with E-state index in [9.17, 15) is 4.79 Å². The van der Waals surface area contributed by atoms with Gasteiger partial charge < -0.3 is 15.3 Å². The minimum atomic E-state index is -0.746. The van der Waals surface area contributed by atoms with Crippen LogP contribution < -0.4 is 10.2 Å². The van der Waals surface area contributed by atoms with E-state index in [0.29, 0.717) is 0 Å². The number of carboxylic acids is 1. The third-order valence-corrected chi connectivity index (χ3v) is 3.32. The molecule has 1 heterocycles. The number of nitrogens with zero attached hydrogens (tertiary/aromatic N) is 1. The summed E-state index contributed by atoms with van der Waals surface area (Å²) in [6, 6.07) is 10.4. The van der Waals surface area contributed by atoms with Crippen LogP contribution in [0.5, 0.6) is 0 Å². The number of carboxylic acid groups (broad SMARTS) is 1. The van der Waals surface area contributed by atoms with Crippen LogP contribution in [-0.4, -0.2) is 36.2 Å². The lowest BCUT2D eigenvalue weighted by Crippen LogP contribution is -2.57. The number of hydrogen-bond donors (Lipinski definition) is 2. The van der Waals surface area contributed by atoms with Crippen molar-refractivity contribution in [2.75, 3.05) is 18.0 Å². The third kappa shape index (κ3) is 2.77. The normalized spacial score (nSPS) is 24.6. The van der Waals surface area contributed by atoms with Crippen LogP contribution in [0.4, 0.5) is 5.69 Å². The fraction of sp³-hybridized carbons (Fsp3) is 0.462. The summed E-state index contributed by atoms with van der Waals surface area (Å²) >= 11 is 0. The molecule has 2 rings (SSSR count). The zero-order chi connectivity index (χ0) is 12.3. The number of hydrogen-bond acceptors (Lipinski definition) is 3. The highest BCUT2D eigenvalue weighted by Gasteiger charge is 2.29. The maximum atomic E-state index is 10.8. The Hall–Kier alpha value is -1.55. The predicted octanol–water partition coefficient (Wildman–Crippen LogP) is 1.33. The fourth-order valence-electron chi connectivity index (χ4n) is 2.38. The van der Waals surface area contributed by atoms with Crippen LogP contribution in [0.2, 0.25) is 0 Å². The van der Waals surface area contributed by atoms with E-state index in [1.807, 2.05) is 18.2 Å². The van der Waals surface area contributed by atoms with Crippen molar-refractivity contribution in [3.8, 4) is 0 Å². The van der Waals surface area contributed by atoms with Crippen molar-refractivity contribution in [3.05, 3.63) is 30.3 Å². The molecule has 0 bridgehead atoms. The molecule has 1 aromatic rings. The van der Waals surface area contributed by atoms with Crippen molar-refractivity contribution >= 4 is 11.7 Å². The van der Waals surface area contributed by atoms with Crippen LogP contribution in [0.3, 0.4) is 0 Å². The Morgan fingerprint density at radius 1 is 1.47 bits per heavy atom. The molecule has 1 saturated heterocycles. The molecular formula is C13H18N2O2. The van der Waals surface area contributed by atoms with E-state index >= 15 is 0 Å². The second kappa shape index (κ2) is 5.19. The van der Waals surface area contributed by atoms with Crippen LogP contribution in [0.1, 0.15) is 13.3 Å². The highest BCUT2D eigenvalue weighted by atomic mass is 16.4. The van der Waals surface area contributed by atoms with Crippen LogP contribution in [-0.2, 0) is 4.79 Å². The number of carbonyl (C=O) groups is 1. The van der Waals surface area contributed by atoms with Gasteiger partial charge in [-0.2, -0.15) is 0 Å². The van der Waals surface area contributed by atoms with Gasteiger partial charge in [-0.1, -0.05) is 18.2 Å². The number of rotatable bonds is 3. The Morgan fingerprint density at radius 3 is 2.82 bits per heavy atom. The minimum Gasteiger partial charge on any atom is -0.481 e. The first-order valence-electron chi connectivity index (χ1n) is 5.95. The molecule has 1 aliphatic heterocycles. The van der Waals surface area contributed by atoms with Gasteiger partial charge in [-0.25, -0.2) is 0 Å². The van der Waals surface area contributed by atoms with Crippen LogP contribution >= 0.6 is 0 Å². The van der Waals surface area contributed by atoms with Crippen molar-refractivity contribution in [1.82, 2.24) is 5.32 Å². The van der Waals surface area contributed by atoms with E-state index in [0.717, 1.165) is 18.8 Å². The van der Waals surface area contributed by atoms with Crippen molar-refractivity contribution in [1.29, 1.82) is 0 Å². The molecular weight excluding hydrogens is 216 g/mol. The maximum Gasteiger partial charge on any atom is 0.305 e. The average molecular weight is 234 g/mol. The molecule has 1 fully saturated rings. The molecule has 0 aromatic heterocycles. The quantitative estimate of drug-likeness (QED) is 0.828. The lowest BCUT2D eigenvalue weighted by atomic mass is 10.0. The smallest absolute Gasteiger partial charge is 0.305 e. The molecule has 2 N–H and O–H groups in total. The summed E-state index contributed by atoms with van der Waals surface area (Å²) in [4.78, 5) is 13.1. The monoisotopic (exact) mass is 234 g/mol. The van der Waals surface area contributed by atoms with Gasteiger partial charge in [0.1, 0.15) is 0 Å². The Labute approximate surface area is 101 Å². The largest absolute Gasteiger partial charge is 0.481 e. The van der Waals surface area contributed by atoms with Crippen molar-refractivity contribution < 1.29 is 9.90 Å². The van der Waals surface area contributed by atoms with E-state index in [2.05, 4.69) is 29.3 Å². The summed E-state index contributed by atoms with van der Waals surface area (Å²) in [6.07, 6.45) is 0.171. The lowest BCUT2D eigenvalue weighted by Gasteiger charge is -2.41. The van der Waals surface area contributed by atoms with Crippen LogP contribution in [0, 0.1) is 0 Å². The summed E-state index contributed by atoms with van der Waals surface area (Å²) < 4.78 is 0. The Balaban J connectivity index is 2.11. The minimum absolute atomic E-state index is 0.0152. The maximum absolute atomic E-state index is 10.8. The SMILES string of the molecule is C[C@@H]1[C@@H](CC(=O)O)NCCN1c1ccccc1. The first kappa shape index (κ1) is 11.9. The highest BCUT2D eigenvalue weighted by Crippen LogP contribution is 2.21. The molecule has 4 nitrogen and oxygen atoms in total. The zero-order valence-electron chi connectivity index (χ0n) is 9.97. The van der Waals surface area contributed by atoms with Crippen molar-refractivity contribution in [2.45, 2.75) is 25.4 Å². The van der Waals surface area contributed by atoms with Gasteiger partial charge in [0.15, 0.2) is 0 Å². The average Bonchev–Trinajstić information content (AvgIpc) is 2.32. The van der Waals surface area contributed by atoms with Gasteiger partial charge in [0.05, 0.1) is 6.42 Å². The summed E-state index contributed by atoms with van der Waals surface area (Å²) in [5.41, 5.74) is 1.16. The van der Waals surface area contributed by atoms with Gasteiger partial charge in [-0.3, -0.25) is 4.79 Å². The van der Waals surface area contributed by atoms with E-state index in [1.165, 1.54) is 0 Å². The molecule has 92 valence electrons. The van der Waals surface area contributed by atoms with Gasteiger partial charge in [0, 0.05) is 30.9 Å². The van der Waals surface area contributed by atoms with Crippen LogP contribution in [0.15, 0.2) is 30.3 Å². The summed E-state index contributed by atoms with van der Waals surface area (Å²) in [6.45, 7) is 3.82. The van der Waals surface area contributed by atoms with Crippen molar-refractivity contribution in [3.63, 3.8) is 0 Å². The van der Waals surface area contributed by atoms with Gasteiger partial charge in [-0.15, -0.1) is 0 Å². The molecule has 0 radical (unpaired) electrons. The van der Waals surface area contributed by atoms with E-state index in [4.69, 9.17) is 5.11 Å². The van der Waals surface area contributed by atoms with Gasteiger partial charge in [-0.05, 0) is 19.1 Å². The topological polar surface area (TPSA) is 52.6 Å². The molecule has 0 amide bonds. The van der Waals surface area contributed by atoms with E-state index < -0.39 is 5.97 Å². The number of para-hydroxylation sites is 1. The first-order valence-corrected chi connectivity index (χ1v) is 5.95. The first-order chi connectivity index (χ1) is 8.18. The number of nitrogens with one attached hydrogen (secondary N) is 1. The number of aliphatic carboxylic acids is 1. The number of benzene rings is 1. The van der Waals surface area contributed by atoms with Gasteiger partial charge >= 0.3 is 5.97 Å². The molecule has 1 aromatic carbocycles. The molecule has 1 aliphatic rings. The Morgan fingerprint density at radius 2 is 2.18 bits per heavy atom. The Bertz CT molecular complexity index is 380. The summed E-state index contributed by atoms with van der Waals surface area (Å²) in [5.74, 6) is -0.746. The molecule has 0 unspecified atom stereocenters. The zero-order valence-corrected chi connectivity index (χ0v) is 9.97. The van der Waals surface area contributed by atoms with Crippen molar-refractivity contribution in [2.24, 2.45) is 0 Å². The third-order valence-electron chi connectivity index (χ3n) is 3.32. The van der Waals surface area contributed by atoms with Crippen LogP contribution in [0.25, 0.3) is 0 Å².